The molecule has 0 saturated carbocycles. The lowest BCUT2D eigenvalue weighted by Crippen LogP contribution is -2.30. The number of carbonyl (C=O) groups excluding carboxylic acids is 2. The highest BCUT2D eigenvalue weighted by Crippen LogP contribution is 2.36. The molecule has 0 N–H and O–H groups in total. The summed E-state index contributed by atoms with van der Waals surface area (Å²) in [5.41, 5.74) is 5.13. The Bertz CT molecular complexity index is 1960. The number of hydrogen-bond acceptors (Lipinski definition) is 6. The zero-order chi connectivity index (χ0) is 33.2. The summed E-state index contributed by atoms with van der Waals surface area (Å²) in [5, 5.41) is 0.546. The lowest BCUT2D eigenvalue weighted by molar-refractivity contribution is -0.138. The highest BCUT2D eigenvalue weighted by Gasteiger charge is 2.38. The van der Waals surface area contributed by atoms with Gasteiger partial charge in [-0.3, -0.25) is 9.69 Å². The van der Waals surface area contributed by atoms with Crippen LogP contribution in [0.5, 0.6) is 0 Å². The van der Waals surface area contributed by atoms with E-state index in [0.717, 1.165) is 22.3 Å². The molecule has 1 aromatic heterocycles. The molecule has 238 valence electrons. The molecule has 4 aromatic rings. The molecular weight excluding hydrogens is 624 g/mol. The number of aryl methyl sites for hydroxylation is 3. The van der Waals surface area contributed by atoms with E-state index in [0.29, 0.717) is 22.2 Å². The number of allylic oxidation sites excluding steroid dienone is 1. The van der Waals surface area contributed by atoms with Crippen molar-refractivity contribution in [2.75, 3.05) is 11.5 Å². The van der Waals surface area contributed by atoms with E-state index in [2.05, 4.69) is 0 Å². The topological polar surface area (TPSA) is 97.1 Å². The van der Waals surface area contributed by atoms with E-state index in [1.54, 1.807) is 74.5 Å². The average molecular weight is 659 g/mol. The van der Waals surface area contributed by atoms with Gasteiger partial charge in [-0.05, 0) is 106 Å². The minimum Gasteiger partial charge on any atom is -0.462 e. The lowest BCUT2D eigenvalue weighted by Gasteiger charge is -2.21. The first-order valence-electron chi connectivity index (χ1n) is 14.8. The number of rotatable bonds is 10. The number of nitrogens with zero attached hydrogens (tertiary/aromatic N) is 2. The van der Waals surface area contributed by atoms with Crippen molar-refractivity contribution in [3.05, 3.63) is 135 Å². The van der Waals surface area contributed by atoms with Crippen LogP contribution in [0.15, 0.2) is 105 Å². The number of benzene rings is 3. The number of furan rings is 1. The number of esters is 1. The SMILES string of the molecule is CCOC(=O)C1=C(C)N(c2ccc(C)c(C)c2)C(=O)/C1=C/c1ccc(CN(Cc2ccc(Cl)cc2)S(=O)(=O)c2ccc(C)cc2)o1. The summed E-state index contributed by atoms with van der Waals surface area (Å²) in [7, 11) is -3.93. The van der Waals surface area contributed by atoms with Gasteiger partial charge in [0.25, 0.3) is 5.91 Å². The molecule has 1 amide bonds. The number of amides is 1. The van der Waals surface area contributed by atoms with Crippen molar-refractivity contribution in [3.8, 4) is 0 Å². The second kappa shape index (κ2) is 13.5. The summed E-state index contributed by atoms with van der Waals surface area (Å²) in [5.74, 6) is -0.371. The van der Waals surface area contributed by atoms with Crippen molar-refractivity contribution in [1.82, 2.24) is 4.31 Å². The average Bonchev–Trinajstić information content (AvgIpc) is 3.56. The fourth-order valence-corrected chi connectivity index (χ4v) is 6.73. The zero-order valence-corrected chi connectivity index (χ0v) is 27.9. The fraction of sp³-hybridized carbons (Fsp3) is 0.222. The summed E-state index contributed by atoms with van der Waals surface area (Å²) in [6.45, 7) is 9.38. The van der Waals surface area contributed by atoms with Crippen LogP contribution in [0.1, 0.15) is 47.6 Å². The van der Waals surface area contributed by atoms with Crippen molar-refractivity contribution in [2.45, 2.75) is 52.6 Å². The minimum atomic E-state index is -3.93. The third kappa shape index (κ3) is 6.87. The molecule has 0 fully saturated rings. The van der Waals surface area contributed by atoms with Gasteiger partial charge in [0.1, 0.15) is 11.5 Å². The maximum Gasteiger partial charge on any atom is 0.340 e. The van der Waals surface area contributed by atoms with Gasteiger partial charge in [0.05, 0.1) is 29.2 Å². The summed E-state index contributed by atoms with van der Waals surface area (Å²) in [6.07, 6.45) is 1.50. The number of ether oxygens (including phenoxy) is 1. The van der Waals surface area contributed by atoms with E-state index in [-0.39, 0.29) is 41.5 Å². The Labute approximate surface area is 274 Å². The Morgan fingerprint density at radius 3 is 2.26 bits per heavy atom. The van der Waals surface area contributed by atoms with E-state index in [1.165, 1.54) is 15.3 Å². The van der Waals surface area contributed by atoms with Crippen LogP contribution in [0, 0.1) is 20.8 Å². The molecule has 8 nitrogen and oxygen atoms in total. The molecule has 3 aromatic carbocycles. The van der Waals surface area contributed by atoms with Gasteiger partial charge in [-0.25, -0.2) is 13.2 Å². The van der Waals surface area contributed by atoms with Crippen molar-refractivity contribution in [3.63, 3.8) is 0 Å². The standard InChI is InChI=1S/C36H35ClN2O6S/c1-6-44-36(41)34-26(5)39(29-14-9-24(3)25(4)19-29)35(40)33(34)20-30-15-16-31(45-30)22-38(21-27-10-12-28(37)13-11-27)46(42,43)32-17-7-23(2)8-18-32/h7-20H,6,21-22H2,1-5H3/b33-20+. The van der Waals surface area contributed by atoms with Gasteiger partial charge in [-0.1, -0.05) is 47.5 Å². The maximum atomic E-state index is 13.8. The largest absolute Gasteiger partial charge is 0.462 e. The molecule has 0 atom stereocenters. The van der Waals surface area contributed by atoms with Crippen LogP contribution < -0.4 is 4.90 Å². The third-order valence-electron chi connectivity index (χ3n) is 7.86. The molecular formula is C36H35ClN2O6S. The van der Waals surface area contributed by atoms with E-state index < -0.39 is 21.9 Å². The Kier molecular flexibility index (Phi) is 9.67. The Morgan fingerprint density at radius 1 is 0.913 bits per heavy atom. The van der Waals surface area contributed by atoms with Crippen molar-refractivity contribution in [2.24, 2.45) is 0 Å². The molecule has 46 heavy (non-hydrogen) atoms. The quantitative estimate of drug-likeness (QED) is 0.129. The molecule has 0 bridgehead atoms. The zero-order valence-electron chi connectivity index (χ0n) is 26.3. The summed E-state index contributed by atoms with van der Waals surface area (Å²) >= 11 is 6.06. The van der Waals surface area contributed by atoms with Gasteiger partial charge in [0, 0.05) is 23.0 Å². The molecule has 1 aliphatic rings. The predicted octanol–water partition coefficient (Wildman–Crippen LogP) is 7.52. The maximum absolute atomic E-state index is 13.8. The van der Waals surface area contributed by atoms with Gasteiger partial charge in [0.15, 0.2) is 0 Å². The first-order valence-corrected chi connectivity index (χ1v) is 16.6. The summed E-state index contributed by atoms with van der Waals surface area (Å²) in [4.78, 5) is 28.6. The minimum absolute atomic E-state index is 0.0723. The van der Waals surface area contributed by atoms with Gasteiger partial charge in [-0.2, -0.15) is 4.31 Å². The van der Waals surface area contributed by atoms with Crippen LogP contribution in [-0.2, 0) is 37.4 Å². The van der Waals surface area contributed by atoms with Crippen LogP contribution >= 0.6 is 11.6 Å². The number of sulfonamides is 1. The molecule has 0 unspecified atom stereocenters. The predicted molar refractivity (Wildman–Crippen MR) is 178 cm³/mol. The van der Waals surface area contributed by atoms with E-state index in [9.17, 15) is 18.0 Å². The number of halogens is 1. The normalized spacial score (nSPS) is 14.5. The highest BCUT2D eigenvalue weighted by atomic mass is 35.5. The lowest BCUT2D eigenvalue weighted by atomic mass is 10.1. The van der Waals surface area contributed by atoms with Crippen LogP contribution in [0.2, 0.25) is 5.02 Å². The van der Waals surface area contributed by atoms with Crippen LogP contribution in [0.4, 0.5) is 5.69 Å². The van der Waals surface area contributed by atoms with E-state index in [4.69, 9.17) is 20.8 Å². The molecule has 10 heteroatoms. The fourth-order valence-electron chi connectivity index (χ4n) is 5.21. The van der Waals surface area contributed by atoms with Crippen LogP contribution in [-0.4, -0.2) is 31.2 Å². The molecule has 0 spiro atoms. The number of carbonyl (C=O) groups is 2. The molecule has 0 saturated heterocycles. The van der Waals surface area contributed by atoms with E-state index >= 15 is 0 Å². The Hall–Kier alpha value is -4.44. The Balaban J connectivity index is 1.49. The summed E-state index contributed by atoms with van der Waals surface area (Å²) < 4.78 is 40.4. The van der Waals surface area contributed by atoms with Crippen molar-refractivity contribution >= 4 is 45.3 Å². The number of anilines is 1. The molecule has 0 aliphatic carbocycles. The first kappa shape index (κ1) is 32.9. The first-order chi connectivity index (χ1) is 21.9. The van der Waals surface area contributed by atoms with Gasteiger partial charge in [0.2, 0.25) is 10.0 Å². The van der Waals surface area contributed by atoms with Gasteiger partial charge < -0.3 is 9.15 Å². The molecule has 0 radical (unpaired) electrons. The summed E-state index contributed by atoms with van der Waals surface area (Å²) in [6, 6.07) is 22.6. The highest BCUT2D eigenvalue weighted by molar-refractivity contribution is 7.89. The molecule has 5 rings (SSSR count). The second-order valence-electron chi connectivity index (χ2n) is 11.2. The van der Waals surface area contributed by atoms with Crippen molar-refractivity contribution in [1.29, 1.82) is 0 Å². The van der Waals surface area contributed by atoms with Crippen LogP contribution in [0.25, 0.3) is 6.08 Å². The van der Waals surface area contributed by atoms with Crippen LogP contribution in [0.3, 0.4) is 0 Å². The van der Waals surface area contributed by atoms with Gasteiger partial charge in [-0.15, -0.1) is 0 Å². The molecule has 1 aliphatic heterocycles. The Morgan fingerprint density at radius 2 is 1.61 bits per heavy atom. The molecule has 2 heterocycles. The van der Waals surface area contributed by atoms with Crippen molar-refractivity contribution < 1.29 is 27.2 Å². The van der Waals surface area contributed by atoms with E-state index in [1.807, 2.05) is 39.0 Å². The van der Waals surface area contributed by atoms with Gasteiger partial charge >= 0.3 is 5.97 Å². The smallest absolute Gasteiger partial charge is 0.340 e. The second-order valence-corrected chi connectivity index (χ2v) is 13.5. The monoisotopic (exact) mass is 658 g/mol. The third-order valence-corrected chi connectivity index (χ3v) is 9.92. The number of hydrogen-bond donors (Lipinski definition) is 0.